The maximum absolute atomic E-state index is 12.3. The number of ether oxygens (including phenoxy) is 1. The number of hydrogen-bond acceptors (Lipinski definition) is 3. The molecule has 1 atom stereocenters. The molecule has 0 saturated carbocycles. The second-order valence-electron chi connectivity index (χ2n) is 3.86. The molecule has 1 amide bonds. The SMILES string of the molecule is N#CC1CN(C(=O)c2ccc(Br)cc2Br)CCO1. The molecule has 1 heterocycles. The van der Waals surface area contributed by atoms with Gasteiger partial charge in [-0.1, -0.05) is 15.9 Å². The van der Waals surface area contributed by atoms with Crippen molar-refractivity contribution in [1.29, 1.82) is 5.26 Å². The standard InChI is InChI=1S/C12H10Br2N2O2/c13-8-1-2-10(11(14)5-8)12(17)16-3-4-18-9(6-15)7-16/h1-2,5,9H,3-4,7H2. The van der Waals surface area contributed by atoms with E-state index in [9.17, 15) is 4.79 Å². The average Bonchev–Trinajstić information content (AvgIpc) is 2.38. The molecule has 0 spiro atoms. The summed E-state index contributed by atoms with van der Waals surface area (Å²) in [6, 6.07) is 7.43. The van der Waals surface area contributed by atoms with E-state index in [1.807, 2.05) is 18.2 Å². The molecular weight excluding hydrogens is 364 g/mol. The normalized spacial score (nSPS) is 19.4. The van der Waals surface area contributed by atoms with Crippen LogP contribution in [0.15, 0.2) is 27.1 Å². The van der Waals surface area contributed by atoms with Gasteiger partial charge in [0.25, 0.3) is 5.91 Å². The van der Waals surface area contributed by atoms with Gasteiger partial charge in [0.15, 0.2) is 6.10 Å². The highest BCUT2D eigenvalue weighted by Crippen LogP contribution is 2.23. The van der Waals surface area contributed by atoms with Gasteiger partial charge in [0.2, 0.25) is 0 Å². The van der Waals surface area contributed by atoms with Crippen LogP contribution in [0.3, 0.4) is 0 Å². The Morgan fingerprint density at radius 2 is 2.28 bits per heavy atom. The number of nitrogens with zero attached hydrogens (tertiary/aromatic N) is 2. The number of benzene rings is 1. The fourth-order valence-corrected chi connectivity index (χ4v) is 2.96. The zero-order valence-electron chi connectivity index (χ0n) is 9.40. The van der Waals surface area contributed by atoms with Crippen molar-refractivity contribution in [2.45, 2.75) is 6.10 Å². The minimum absolute atomic E-state index is 0.0853. The molecule has 1 fully saturated rings. The first kappa shape index (κ1) is 13.5. The number of carbonyl (C=O) groups is 1. The van der Waals surface area contributed by atoms with Crippen LogP contribution < -0.4 is 0 Å². The van der Waals surface area contributed by atoms with E-state index in [4.69, 9.17) is 10.00 Å². The van der Waals surface area contributed by atoms with Crippen molar-refractivity contribution in [3.8, 4) is 6.07 Å². The van der Waals surface area contributed by atoms with E-state index in [0.717, 1.165) is 8.95 Å². The lowest BCUT2D eigenvalue weighted by atomic mass is 10.2. The first-order chi connectivity index (χ1) is 8.61. The highest BCUT2D eigenvalue weighted by molar-refractivity contribution is 9.11. The molecule has 0 aromatic heterocycles. The summed E-state index contributed by atoms with van der Waals surface area (Å²) in [5.41, 5.74) is 0.594. The Bertz CT molecular complexity index is 513. The van der Waals surface area contributed by atoms with Crippen LogP contribution in [0.25, 0.3) is 0 Å². The van der Waals surface area contributed by atoms with Crippen LogP contribution in [-0.4, -0.2) is 36.6 Å². The molecule has 6 heteroatoms. The Hall–Kier alpha value is -0.900. The van der Waals surface area contributed by atoms with Crippen molar-refractivity contribution >= 4 is 37.8 Å². The third-order valence-corrected chi connectivity index (χ3v) is 3.81. The average molecular weight is 374 g/mol. The molecule has 0 aliphatic carbocycles. The third-order valence-electron chi connectivity index (χ3n) is 2.66. The van der Waals surface area contributed by atoms with Gasteiger partial charge in [-0.25, -0.2) is 0 Å². The summed E-state index contributed by atoms with van der Waals surface area (Å²) in [6.07, 6.45) is -0.531. The van der Waals surface area contributed by atoms with Crippen LogP contribution in [0.4, 0.5) is 0 Å². The Balaban J connectivity index is 2.18. The van der Waals surface area contributed by atoms with Crippen molar-refractivity contribution in [3.63, 3.8) is 0 Å². The van der Waals surface area contributed by atoms with Crippen molar-refractivity contribution in [3.05, 3.63) is 32.7 Å². The van der Waals surface area contributed by atoms with Crippen molar-refractivity contribution in [1.82, 2.24) is 4.90 Å². The Morgan fingerprint density at radius 1 is 1.50 bits per heavy atom. The van der Waals surface area contributed by atoms with Gasteiger partial charge < -0.3 is 9.64 Å². The topological polar surface area (TPSA) is 53.3 Å². The maximum atomic E-state index is 12.3. The molecule has 1 aliphatic heterocycles. The molecule has 1 aliphatic rings. The predicted molar refractivity (Wildman–Crippen MR) is 73.1 cm³/mol. The summed E-state index contributed by atoms with van der Waals surface area (Å²) < 4.78 is 6.86. The lowest BCUT2D eigenvalue weighted by molar-refractivity contribution is 0.00342. The van der Waals surface area contributed by atoms with Crippen LogP contribution in [-0.2, 0) is 4.74 Å². The first-order valence-corrected chi connectivity index (χ1v) is 6.96. The predicted octanol–water partition coefficient (Wildman–Crippen LogP) is 2.58. The van der Waals surface area contributed by atoms with E-state index < -0.39 is 6.10 Å². The summed E-state index contributed by atoms with van der Waals surface area (Å²) in [6.45, 7) is 1.23. The minimum atomic E-state index is -0.531. The number of carbonyl (C=O) groups excluding carboxylic acids is 1. The highest BCUT2D eigenvalue weighted by Gasteiger charge is 2.25. The molecule has 1 aromatic rings. The zero-order valence-corrected chi connectivity index (χ0v) is 12.6. The van der Waals surface area contributed by atoms with Crippen molar-refractivity contribution < 1.29 is 9.53 Å². The second kappa shape index (κ2) is 5.83. The molecule has 2 rings (SSSR count). The van der Waals surface area contributed by atoms with Gasteiger partial charge in [-0.2, -0.15) is 5.26 Å². The number of hydrogen-bond donors (Lipinski definition) is 0. The highest BCUT2D eigenvalue weighted by atomic mass is 79.9. The van der Waals surface area contributed by atoms with Crippen LogP contribution in [0, 0.1) is 11.3 Å². The van der Waals surface area contributed by atoms with Gasteiger partial charge in [-0.15, -0.1) is 0 Å². The van der Waals surface area contributed by atoms with Gasteiger partial charge >= 0.3 is 0 Å². The molecule has 18 heavy (non-hydrogen) atoms. The number of morpholine rings is 1. The molecule has 0 bridgehead atoms. The molecule has 0 radical (unpaired) electrons. The van der Waals surface area contributed by atoms with Gasteiger partial charge in [0, 0.05) is 15.5 Å². The molecule has 4 nitrogen and oxygen atoms in total. The van der Waals surface area contributed by atoms with E-state index in [0.29, 0.717) is 25.3 Å². The van der Waals surface area contributed by atoms with E-state index >= 15 is 0 Å². The first-order valence-electron chi connectivity index (χ1n) is 5.37. The van der Waals surface area contributed by atoms with E-state index in [-0.39, 0.29) is 5.91 Å². The van der Waals surface area contributed by atoms with E-state index in [1.165, 1.54) is 0 Å². The van der Waals surface area contributed by atoms with Gasteiger partial charge in [-0.3, -0.25) is 4.79 Å². The third kappa shape index (κ3) is 2.91. The molecule has 1 saturated heterocycles. The van der Waals surface area contributed by atoms with E-state index in [1.54, 1.807) is 11.0 Å². The lowest BCUT2D eigenvalue weighted by Gasteiger charge is -2.30. The summed E-state index contributed by atoms with van der Waals surface area (Å²) >= 11 is 6.72. The zero-order chi connectivity index (χ0) is 13.1. The molecule has 0 N–H and O–H groups in total. The Morgan fingerprint density at radius 3 is 2.94 bits per heavy atom. The second-order valence-corrected chi connectivity index (χ2v) is 5.63. The number of rotatable bonds is 1. The summed E-state index contributed by atoms with van der Waals surface area (Å²) in [5, 5.41) is 8.82. The minimum Gasteiger partial charge on any atom is -0.360 e. The maximum Gasteiger partial charge on any atom is 0.255 e. The summed E-state index contributed by atoms with van der Waals surface area (Å²) in [7, 11) is 0. The van der Waals surface area contributed by atoms with Crippen LogP contribution in [0.5, 0.6) is 0 Å². The fraction of sp³-hybridized carbons (Fsp3) is 0.333. The summed E-state index contributed by atoms with van der Waals surface area (Å²) in [4.78, 5) is 14.0. The van der Waals surface area contributed by atoms with Crippen molar-refractivity contribution in [2.75, 3.05) is 19.7 Å². The molecule has 94 valence electrons. The largest absolute Gasteiger partial charge is 0.360 e. The van der Waals surface area contributed by atoms with Crippen LogP contribution in [0.1, 0.15) is 10.4 Å². The number of nitriles is 1. The monoisotopic (exact) mass is 372 g/mol. The van der Waals surface area contributed by atoms with Gasteiger partial charge in [0.05, 0.1) is 24.8 Å². The molecular formula is C12H10Br2N2O2. The van der Waals surface area contributed by atoms with Gasteiger partial charge in [-0.05, 0) is 34.1 Å². The van der Waals surface area contributed by atoms with Crippen LogP contribution in [0.2, 0.25) is 0 Å². The fourth-order valence-electron chi connectivity index (χ4n) is 1.75. The van der Waals surface area contributed by atoms with Crippen LogP contribution >= 0.6 is 31.9 Å². The Kier molecular flexibility index (Phi) is 4.38. The number of amides is 1. The lowest BCUT2D eigenvalue weighted by Crippen LogP contribution is -2.45. The molecule has 1 aromatic carbocycles. The smallest absolute Gasteiger partial charge is 0.255 e. The molecule has 1 unspecified atom stereocenters. The van der Waals surface area contributed by atoms with E-state index in [2.05, 4.69) is 31.9 Å². The van der Waals surface area contributed by atoms with Gasteiger partial charge in [0.1, 0.15) is 0 Å². The summed E-state index contributed by atoms with van der Waals surface area (Å²) in [5.74, 6) is -0.0853. The van der Waals surface area contributed by atoms with Crippen molar-refractivity contribution in [2.24, 2.45) is 0 Å². The number of halogens is 2. The quantitative estimate of drug-likeness (QED) is 0.760. The Labute approximate surface area is 122 Å².